The SMILES string of the molecule is O=C1NC(=O)C2(CCN(c3nc4ccccc4o3)CC2)N1. The second-order valence-electron chi connectivity index (χ2n) is 5.44. The number of nitrogens with zero attached hydrogens (tertiary/aromatic N) is 2. The number of piperidine rings is 1. The molecule has 1 spiro atoms. The molecule has 3 heterocycles. The molecule has 21 heavy (non-hydrogen) atoms. The van der Waals surface area contributed by atoms with Crippen LogP contribution in [-0.2, 0) is 4.79 Å². The molecule has 1 aromatic heterocycles. The van der Waals surface area contributed by atoms with Crippen LogP contribution in [0.2, 0.25) is 0 Å². The Morgan fingerprint density at radius 3 is 2.62 bits per heavy atom. The maximum Gasteiger partial charge on any atom is 0.322 e. The maximum absolute atomic E-state index is 11.9. The zero-order valence-electron chi connectivity index (χ0n) is 11.3. The summed E-state index contributed by atoms with van der Waals surface area (Å²) in [6.07, 6.45) is 1.09. The molecule has 7 nitrogen and oxygen atoms in total. The molecular weight excluding hydrogens is 272 g/mol. The van der Waals surface area contributed by atoms with Gasteiger partial charge in [-0.1, -0.05) is 12.1 Å². The number of rotatable bonds is 1. The molecule has 4 rings (SSSR count). The largest absolute Gasteiger partial charge is 0.423 e. The van der Waals surface area contributed by atoms with Gasteiger partial charge in [-0.3, -0.25) is 10.1 Å². The van der Waals surface area contributed by atoms with Gasteiger partial charge < -0.3 is 14.6 Å². The van der Waals surface area contributed by atoms with Crippen molar-refractivity contribution in [1.29, 1.82) is 0 Å². The number of nitrogens with one attached hydrogen (secondary N) is 2. The fourth-order valence-corrected chi connectivity index (χ4v) is 2.96. The third-order valence-corrected chi connectivity index (χ3v) is 4.18. The quantitative estimate of drug-likeness (QED) is 0.764. The number of urea groups is 1. The molecule has 0 radical (unpaired) electrons. The van der Waals surface area contributed by atoms with E-state index in [1.807, 2.05) is 29.2 Å². The average Bonchev–Trinajstić information content (AvgIpc) is 3.02. The van der Waals surface area contributed by atoms with Crippen LogP contribution in [0.4, 0.5) is 10.8 Å². The lowest BCUT2D eigenvalue weighted by Gasteiger charge is -2.36. The lowest BCUT2D eigenvalue weighted by molar-refractivity contribution is -0.124. The predicted octanol–water partition coefficient (Wildman–Crippen LogP) is 1.01. The van der Waals surface area contributed by atoms with Crippen molar-refractivity contribution in [2.45, 2.75) is 18.4 Å². The van der Waals surface area contributed by atoms with Gasteiger partial charge in [-0.2, -0.15) is 4.98 Å². The standard InChI is InChI=1S/C14H14N4O3/c19-11-14(17-12(20)16-11)5-7-18(8-6-14)13-15-9-3-1-2-4-10(9)21-13/h1-4H,5-8H2,(H2,16,17,19,20). The highest BCUT2D eigenvalue weighted by atomic mass is 16.4. The summed E-state index contributed by atoms with van der Waals surface area (Å²) in [4.78, 5) is 29.7. The van der Waals surface area contributed by atoms with E-state index in [1.54, 1.807) is 0 Å². The first-order valence-corrected chi connectivity index (χ1v) is 6.90. The Kier molecular flexibility index (Phi) is 2.44. The van der Waals surface area contributed by atoms with E-state index >= 15 is 0 Å². The summed E-state index contributed by atoms with van der Waals surface area (Å²) < 4.78 is 5.73. The van der Waals surface area contributed by atoms with Gasteiger partial charge in [0, 0.05) is 13.1 Å². The minimum absolute atomic E-state index is 0.232. The van der Waals surface area contributed by atoms with Crippen molar-refractivity contribution < 1.29 is 14.0 Å². The highest BCUT2D eigenvalue weighted by Gasteiger charge is 2.48. The normalized spacial score (nSPS) is 20.9. The Labute approximate surface area is 120 Å². The first kappa shape index (κ1) is 12.2. The van der Waals surface area contributed by atoms with E-state index in [9.17, 15) is 9.59 Å². The number of benzene rings is 1. The number of para-hydroxylation sites is 2. The van der Waals surface area contributed by atoms with Gasteiger partial charge in [0.25, 0.3) is 11.9 Å². The lowest BCUT2D eigenvalue weighted by Crippen LogP contribution is -2.55. The number of anilines is 1. The highest BCUT2D eigenvalue weighted by molar-refractivity contribution is 6.07. The molecule has 3 amide bonds. The number of fused-ring (bicyclic) bond motifs is 1. The monoisotopic (exact) mass is 286 g/mol. The van der Waals surface area contributed by atoms with Crippen LogP contribution in [-0.4, -0.2) is 35.6 Å². The summed E-state index contributed by atoms with van der Waals surface area (Å²) in [6, 6.07) is 7.76. The third-order valence-electron chi connectivity index (χ3n) is 4.18. The number of amides is 3. The Bertz CT molecular complexity index is 698. The van der Waals surface area contributed by atoms with Gasteiger partial charge in [-0.05, 0) is 25.0 Å². The van der Waals surface area contributed by atoms with Crippen LogP contribution in [0.5, 0.6) is 0 Å². The second-order valence-corrected chi connectivity index (χ2v) is 5.44. The first-order valence-electron chi connectivity index (χ1n) is 6.90. The van der Waals surface area contributed by atoms with Crippen LogP contribution in [0.3, 0.4) is 0 Å². The number of carbonyl (C=O) groups is 2. The minimum atomic E-state index is -0.764. The average molecular weight is 286 g/mol. The number of aromatic nitrogens is 1. The van der Waals surface area contributed by atoms with E-state index in [-0.39, 0.29) is 5.91 Å². The van der Waals surface area contributed by atoms with Crippen molar-refractivity contribution in [3.8, 4) is 0 Å². The van der Waals surface area contributed by atoms with Crippen molar-refractivity contribution in [3.63, 3.8) is 0 Å². The number of carbonyl (C=O) groups excluding carboxylic acids is 2. The van der Waals surface area contributed by atoms with E-state index in [0.717, 1.165) is 11.1 Å². The summed E-state index contributed by atoms with van der Waals surface area (Å²) in [5.74, 6) is -0.232. The van der Waals surface area contributed by atoms with Gasteiger partial charge in [-0.15, -0.1) is 0 Å². The zero-order chi connectivity index (χ0) is 14.4. The molecule has 7 heteroatoms. The molecule has 0 atom stereocenters. The van der Waals surface area contributed by atoms with Gasteiger partial charge in [0.15, 0.2) is 5.58 Å². The van der Waals surface area contributed by atoms with Crippen molar-refractivity contribution >= 4 is 29.1 Å². The van der Waals surface area contributed by atoms with Crippen LogP contribution in [0.25, 0.3) is 11.1 Å². The minimum Gasteiger partial charge on any atom is -0.423 e. The molecule has 0 unspecified atom stereocenters. The smallest absolute Gasteiger partial charge is 0.322 e. The van der Waals surface area contributed by atoms with Crippen molar-refractivity contribution in [2.75, 3.05) is 18.0 Å². The summed E-state index contributed by atoms with van der Waals surface area (Å²) >= 11 is 0. The van der Waals surface area contributed by atoms with Crippen LogP contribution >= 0.6 is 0 Å². The molecule has 2 fully saturated rings. The van der Waals surface area contributed by atoms with Crippen LogP contribution < -0.4 is 15.5 Å². The van der Waals surface area contributed by atoms with Crippen LogP contribution in [0.1, 0.15) is 12.8 Å². The zero-order valence-corrected chi connectivity index (χ0v) is 11.3. The Morgan fingerprint density at radius 2 is 1.95 bits per heavy atom. The first-order chi connectivity index (χ1) is 10.2. The topological polar surface area (TPSA) is 87.5 Å². The molecule has 0 saturated carbocycles. The van der Waals surface area contributed by atoms with Crippen molar-refractivity contribution in [3.05, 3.63) is 24.3 Å². The molecule has 2 saturated heterocycles. The molecule has 0 bridgehead atoms. The fourth-order valence-electron chi connectivity index (χ4n) is 2.96. The molecule has 108 valence electrons. The van der Waals surface area contributed by atoms with E-state index in [4.69, 9.17) is 4.42 Å². The van der Waals surface area contributed by atoms with E-state index < -0.39 is 11.6 Å². The summed E-state index contributed by atoms with van der Waals surface area (Å²) in [7, 11) is 0. The Morgan fingerprint density at radius 1 is 1.19 bits per heavy atom. The fraction of sp³-hybridized carbons (Fsp3) is 0.357. The predicted molar refractivity (Wildman–Crippen MR) is 74.9 cm³/mol. The molecule has 1 aromatic carbocycles. The van der Waals surface area contributed by atoms with Gasteiger partial charge in [-0.25, -0.2) is 4.79 Å². The third kappa shape index (κ3) is 1.84. The number of imide groups is 1. The number of hydrogen-bond donors (Lipinski definition) is 2. The van der Waals surface area contributed by atoms with E-state index in [2.05, 4.69) is 15.6 Å². The summed E-state index contributed by atoms with van der Waals surface area (Å²) in [5, 5.41) is 5.05. The second kappa shape index (κ2) is 4.21. The maximum atomic E-state index is 11.9. The molecular formula is C14H14N4O3. The van der Waals surface area contributed by atoms with Gasteiger partial charge in [0.1, 0.15) is 11.1 Å². The summed E-state index contributed by atoms with van der Waals surface area (Å²) in [6.45, 7) is 1.22. The molecule has 2 aliphatic heterocycles. The van der Waals surface area contributed by atoms with Crippen molar-refractivity contribution in [1.82, 2.24) is 15.6 Å². The Hall–Kier alpha value is -2.57. The lowest BCUT2D eigenvalue weighted by atomic mass is 9.88. The molecule has 0 aliphatic carbocycles. The van der Waals surface area contributed by atoms with E-state index in [0.29, 0.717) is 31.9 Å². The number of hydrogen-bond acceptors (Lipinski definition) is 5. The van der Waals surface area contributed by atoms with Crippen molar-refractivity contribution in [2.24, 2.45) is 0 Å². The molecule has 2 N–H and O–H groups in total. The highest BCUT2D eigenvalue weighted by Crippen LogP contribution is 2.29. The number of oxazole rings is 1. The Balaban J connectivity index is 1.55. The molecule has 2 aromatic rings. The molecule has 2 aliphatic rings. The van der Waals surface area contributed by atoms with Crippen LogP contribution in [0, 0.1) is 0 Å². The summed E-state index contributed by atoms with van der Waals surface area (Å²) in [5.41, 5.74) is 0.805. The van der Waals surface area contributed by atoms with Gasteiger partial charge in [0.2, 0.25) is 0 Å². The van der Waals surface area contributed by atoms with Gasteiger partial charge in [0.05, 0.1) is 0 Å². The van der Waals surface area contributed by atoms with E-state index in [1.165, 1.54) is 0 Å². The van der Waals surface area contributed by atoms with Gasteiger partial charge >= 0.3 is 6.03 Å². The van der Waals surface area contributed by atoms with Crippen LogP contribution in [0.15, 0.2) is 28.7 Å².